The highest BCUT2D eigenvalue weighted by Gasteiger charge is 2.32. The Hall–Kier alpha value is -1.75. The second-order valence-electron chi connectivity index (χ2n) is 8.01. The Bertz CT molecular complexity index is 693. The Morgan fingerprint density at radius 3 is 2.29 bits per heavy atom. The summed E-state index contributed by atoms with van der Waals surface area (Å²) in [6, 6.07) is 5.39. The molecule has 0 bridgehead atoms. The number of likely N-dealkylation sites (tertiary alicyclic amines) is 2. The van der Waals surface area contributed by atoms with Gasteiger partial charge in [-0.3, -0.25) is 9.59 Å². The predicted octanol–water partition coefficient (Wildman–Crippen LogP) is 4.06. The molecule has 0 aromatic heterocycles. The molecule has 2 aliphatic heterocycles. The summed E-state index contributed by atoms with van der Waals surface area (Å²) in [6.45, 7) is 6.72. The van der Waals surface area contributed by atoms with E-state index in [0.717, 1.165) is 44.3 Å². The minimum absolute atomic E-state index is 0.0185. The molecule has 154 valence electrons. The summed E-state index contributed by atoms with van der Waals surface area (Å²) in [5.74, 6) is 0.999. The average Bonchev–Trinajstić information content (AvgIpc) is 2.98. The number of amides is 2. The maximum absolute atomic E-state index is 12.8. The summed E-state index contributed by atoms with van der Waals surface area (Å²) < 4.78 is 5.87. The number of halogens is 1. The lowest BCUT2D eigenvalue weighted by Gasteiger charge is -2.35. The molecule has 6 heteroatoms. The first-order valence-corrected chi connectivity index (χ1v) is 10.8. The molecule has 1 aromatic carbocycles. The Kier molecular flexibility index (Phi) is 7.22. The number of benzene rings is 1. The quantitative estimate of drug-likeness (QED) is 0.757. The fraction of sp³-hybridized carbons (Fsp3) is 0.636. The number of aryl methyl sites for hydroxylation is 1. The van der Waals surface area contributed by atoms with Crippen LogP contribution in [-0.2, 0) is 9.59 Å². The number of ether oxygens (including phenoxy) is 1. The van der Waals surface area contributed by atoms with Crippen LogP contribution in [-0.4, -0.2) is 53.9 Å². The van der Waals surface area contributed by atoms with Crippen molar-refractivity contribution in [3.05, 3.63) is 28.8 Å². The molecule has 2 heterocycles. The molecule has 2 saturated heterocycles. The minimum Gasteiger partial charge on any atom is -0.481 e. The second-order valence-corrected chi connectivity index (χ2v) is 8.45. The van der Waals surface area contributed by atoms with Gasteiger partial charge in [0.1, 0.15) is 5.75 Å². The molecular weight excluding hydrogens is 376 g/mol. The fourth-order valence-electron chi connectivity index (χ4n) is 4.14. The van der Waals surface area contributed by atoms with Gasteiger partial charge in [-0.2, -0.15) is 0 Å². The highest BCUT2D eigenvalue weighted by atomic mass is 35.5. The van der Waals surface area contributed by atoms with E-state index in [1.54, 1.807) is 19.1 Å². The summed E-state index contributed by atoms with van der Waals surface area (Å²) >= 11 is 5.98. The zero-order valence-corrected chi connectivity index (χ0v) is 17.7. The van der Waals surface area contributed by atoms with Gasteiger partial charge in [0.25, 0.3) is 5.91 Å². The second kappa shape index (κ2) is 9.64. The van der Waals surface area contributed by atoms with Gasteiger partial charge >= 0.3 is 0 Å². The van der Waals surface area contributed by atoms with Crippen molar-refractivity contribution in [1.29, 1.82) is 0 Å². The van der Waals surface area contributed by atoms with E-state index in [0.29, 0.717) is 23.9 Å². The smallest absolute Gasteiger partial charge is 0.263 e. The summed E-state index contributed by atoms with van der Waals surface area (Å²) in [5, 5.41) is 0.653. The Balaban J connectivity index is 1.50. The van der Waals surface area contributed by atoms with Crippen molar-refractivity contribution in [3.8, 4) is 5.75 Å². The number of hydrogen-bond donors (Lipinski definition) is 0. The van der Waals surface area contributed by atoms with Crippen LogP contribution in [0.15, 0.2) is 18.2 Å². The highest BCUT2D eigenvalue weighted by Crippen LogP contribution is 2.25. The van der Waals surface area contributed by atoms with Gasteiger partial charge < -0.3 is 14.5 Å². The van der Waals surface area contributed by atoms with Gasteiger partial charge in [0.05, 0.1) is 0 Å². The van der Waals surface area contributed by atoms with Crippen molar-refractivity contribution in [2.75, 3.05) is 26.2 Å². The molecule has 3 rings (SSSR count). The normalized spacial score (nSPS) is 19.8. The third kappa shape index (κ3) is 5.19. The van der Waals surface area contributed by atoms with E-state index in [1.807, 2.05) is 22.8 Å². The fourth-order valence-corrected chi connectivity index (χ4v) is 4.37. The summed E-state index contributed by atoms with van der Waals surface area (Å²) in [6.07, 6.45) is 5.60. The van der Waals surface area contributed by atoms with Crippen LogP contribution < -0.4 is 4.74 Å². The van der Waals surface area contributed by atoms with E-state index in [2.05, 4.69) is 0 Å². The number of hydrogen-bond acceptors (Lipinski definition) is 3. The summed E-state index contributed by atoms with van der Waals surface area (Å²) in [5.41, 5.74) is 0.911. The van der Waals surface area contributed by atoms with E-state index in [-0.39, 0.29) is 17.7 Å². The van der Waals surface area contributed by atoms with E-state index in [1.165, 1.54) is 12.8 Å². The number of piperidine rings is 1. The van der Waals surface area contributed by atoms with E-state index in [4.69, 9.17) is 16.3 Å². The molecule has 0 radical (unpaired) electrons. The van der Waals surface area contributed by atoms with Crippen LogP contribution in [0.25, 0.3) is 0 Å². The van der Waals surface area contributed by atoms with Crippen LogP contribution >= 0.6 is 11.6 Å². The number of nitrogens with zero attached hydrogens (tertiary/aromatic N) is 2. The first-order valence-electron chi connectivity index (χ1n) is 10.5. The van der Waals surface area contributed by atoms with Gasteiger partial charge in [-0.05, 0) is 63.3 Å². The molecule has 0 aliphatic carbocycles. The zero-order valence-electron chi connectivity index (χ0n) is 17.0. The average molecular weight is 407 g/mol. The summed E-state index contributed by atoms with van der Waals surface area (Å²) in [7, 11) is 0. The Morgan fingerprint density at radius 2 is 1.68 bits per heavy atom. The lowest BCUT2D eigenvalue weighted by Crippen LogP contribution is -2.48. The Labute approximate surface area is 173 Å². The van der Waals surface area contributed by atoms with Crippen LogP contribution in [0.4, 0.5) is 0 Å². The first-order chi connectivity index (χ1) is 13.5. The van der Waals surface area contributed by atoms with E-state index in [9.17, 15) is 9.59 Å². The molecule has 1 unspecified atom stereocenters. The molecule has 2 fully saturated rings. The van der Waals surface area contributed by atoms with Gasteiger partial charge in [-0.15, -0.1) is 0 Å². The zero-order chi connectivity index (χ0) is 20.1. The van der Waals surface area contributed by atoms with Gasteiger partial charge in [-0.25, -0.2) is 0 Å². The number of rotatable bonds is 4. The topological polar surface area (TPSA) is 49.9 Å². The summed E-state index contributed by atoms with van der Waals surface area (Å²) in [4.78, 5) is 29.5. The molecule has 2 aliphatic rings. The van der Waals surface area contributed by atoms with Gasteiger partial charge in [0.2, 0.25) is 5.91 Å². The van der Waals surface area contributed by atoms with Crippen LogP contribution in [0.2, 0.25) is 5.02 Å². The molecule has 5 nitrogen and oxygen atoms in total. The predicted molar refractivity (Wildman–Crippen MR) is 111 cm³/mol. The molecule has 0 spiro atoms. The van der Waals surface area contributed by atoms with Crippen molar-refractivity contribution < 1.29 is 14.3 Å². The molecular formula is C22H31ClN2O3. The molecule has 28 heavy (non-hydrogen) atoms. The van der Waals surface area contributed by atoms with Crippen LogP contribution in [0.3, 0.4) is 0 Å². The van der Waals surface area contributed by atoms with Crippen molar-refractivity contribution in [1.82, 2.24) is 9.80 Å². The standard InChI is InChI=1S/C22H31ClN2O3/c1-16-15-19(23)7-8-20(16)28-17(2)21(26)25-13-9-18(10-14-25)22(27)24-11-5-3-4-6-12-24/h7-8,15,17-18H,3-6,9-14H2,1-2H3. The first kappa shape index (κ1) is 21.0. The minimum atomic E-state index is -0.558. The van der Waals surface area contributed by atoms with Crippen LogP contribution in [0.1, 0.15) is 51.0 Å². The van der Waals surface area contributed by atoms with Crippen molar-refractivity contribution in [3.63, 3.8) is 0 Å². The Morgan fingerprint density at radius 1 is 1.04 bits per heavy atom. The third-order valence-electron chi connectivity index (χ3n) is 5.86. The highest BCUT2D eigenvalue weighted by molar-refractivity contribution is 6.30. The lowest BCUT2D eigenvalue weighted by molar-refractivity contribution is -0.143. The number of carbonyl (C=O) groups is 2. The molecule has 1 atom stereocenters. The van der Waals surface area contributed by atoms with E-state index < -0.39 is 6.10 Å². The van der Waals surface area contributed by atoms with Crippen LogP contribution in [0.5, 0.6) is 5.75 Å². The molecule has 0 N–H and O–H groups in total. The maximum atomic E-state index is 12.8. The number of carbonyl (C=O) groups excluding carboxylic acids is 2. The van der Waals surface area contributed by atoms with Gasteiger partial charge in [-0.1, -0.05) is 24.4 Å². The van der Waals surface area contributed by atoms with Crippen molar-refractivity contribution >= 4 is 23.4 Å². The van der Waals surface area contributed by atoms with E-state index >= 15 is 0 Å². The van der Waals surface area contributed by atoms with Gasteiger partial charge in [0, 0.05) is 37.1 Å². The maximum Gasteiger partial charge on any atom is 0.263 e. The third-order valence-corrected chi connectivity index (χ3v) is 6.10. The molecule has 2 amide bonds. The SMILES string of the molecule is Cc1cc(Cl)ccc1OC(C)C(=O)N1CCC(C(=O)N2CCCCCC2)CC1. The van der Waals surface area contributed by atoms with Crippen molar-refractivity contribution in [2.24, 2.45) is 5.92 Å². The van der Waals surface area contributed by atoms with Crippen LogP contribution in [0, 0.1) is 12.8 Å². The largest absolute Gasteiger partial charge is 0.481 e. The van der Waals surface area contributed by atoms with Crippen molar-refractivity contribution in [2.45, 2.75) is 58.5 Å². The van der Waals surface area contributed by atoms with Gasteiger partial charge in [0.15, 0.2) is 6.10 Å². The lowest BCUT2D eigenvalue weighted by atomic mass is 9.94. The monoisotopic (exact) mass is 406 g/mol. The molecule has 0 saturated carbocycles. The molecule has 1 aromatic rings.